The molecule has 4 heteroatoms. The fourth-order valence-corrected chi connectivity index (χ4v) is 2.54. The van der Waals surface area contributed by atoms with Gasteiger partial charge in [0.25, 0.3) is 0 Å². The summed E-state index contributed by atoms with van der Waals surface area (Å²) in [6, 6.07) is 13.9. The average Bonchev–Trinajstić information content (AvgIpc) is 3.11. The fourth-order valence-electron chi connectivity index (χ4n) is 2.54. The SMILES string of the molecule is N#Cc1ccc2nc(-c3ccc4c(c3)COC4)[nH]c2c1. The fraction of sp³-hybridized carbons (Fsp3) is 0.125. The number of nitriles is 1. The van der Waals surface area contributed by atoms with Crippen LogP contribution < -0.4 is 0 Å². The minimum Gasteiger partial charge on any atom is -0.372 e. The van der Waals surface area contributed by atoms with Crippen molar-refractivity contribution < 1.29 is 4.74 Å². The molecular formula is C16H11N3O. The second kappa shape index (κ2) is 4.19. The normalized spacial score (nSPS) is 13.3. The van der Waals surface area contributed by atoms with Gasteiger partial charge in [-0.1, -0.05) is 12.1 Å². The van der Waals surface area contributed by atoms with Crippen molar-refractivity contribution in [3.05, 3.63) is 53.1 Å². The van der Waals surface area contributed by atoms with Crippen molar-refractivity contribution in [2.45, 2.75) is 13.2 Å². The van der Waals surface area contributed by atoms with Gasteiger partial charge in [0.1, 0.15) is 5.82 Å². The quantitative estimate of drug-likeness (QED) is 0.732. The topological polar surface area (TPSA) is 61.7 Å². The minimum absolute atomic E-state index is 0.634. The standard InChI is InChI=1S/C16H11N3O/c17-7-10-1-4-14-15(5-10)19-16(18-14)11-2-3-12-8-20-9-13(12)6-11/h1-6H,8-9H2,(H,18,19). The Labute approximate surface area is 115 Å². The molecule has 1 aromatic heterocycles. The number of rotatable bonds is 1. The Morgan fingerprint density at radius 2 is 2.00 bits per heavy atom. The third-order valence-electron chi connectivity index (χ3n) is 3.61. The Balaban J connectivity index is 1.84. The van der Waals surface area contributed by atoms with Gasteiger partial charge in [0.2, 0.25) is 0 Å². The molecular weight excluding hydrogens is 250 g/mol. The van der Waals surface area contributed by atoms with E-state index in [1.165, 1.54) is 11.1 Å². The van der Waals surface area contributed by atoms with Gasteiger partial charge in [-0.3, -0.25) is 0 Å². The molecule has 1 N–H and O–H groups in total. The molecule has 1 aliphatic rings. The summed E-state index contributed by atoms with van der Waals surface area (Å²) in [5.74, 6) is 0.824. The van der Waals surface area contributed by atoms with Crippen LogP contribution in [0.3, 0.4) is 0 Å². The Morgan fingerprint density at radius 1 is 1.10 bits per heavy atom. The lowest BCUT2D eigenvalue weighted by molar-refractivity contribution is 0.134. The summed E-state index contributed by atoms with van der Waals surface area (Å²) in [6.07, 6.45) is 0. The molecule has 96 valence electrons. The number of ether oxygens (including phenoxy) is 1. The van der Waals surface area contributed by atoms with Crippen molar-refractivity contribution in [1.29, 1.82) is 5.26 Å². The molecule has 0 saturated carbocycles. The van der Waals surface area contributed by atoms with E-state index in [-0.39, 0.29) is 0 Å². The van der Waals surface area contributed by atoms with Crippen molar-refractivity contribution in [3.8, 4) is 17.5 Å². The maximum absolute atomic E-state index is 8.93. The Morgan fingerprint density at radius 3 is 2.90 bits per heavy atom. The van der Waals surface area contributed by atoms with E-state index in [0.717, 1.165) is 22.4 Å². The predicted octanol–water partition coefficient (Wildman–Crippen LogP) is 3.13. The van der Waals surface area contributed by atoms with Crippen molar-refractivity contribution in [2.24, 2.45) is 0 Å². The van der Waals surface area contributed by atoms with Gasteiger partial charge in [-0.2, -0.15) is 5.26 Å². The molecule has 0 amide bonds. The number of benzene rings is 2. The number of hydrogen-bond donors (Lipinski definition) is 1. The molecule has 3 aromatic rings. The molecule has 4 rings (SSSR count). The van der Waals surface area contributed by atoms with Gasteiger partial charge in [0.05, 0.1) is 35.9 Å². The van der Waals surface area contributed by atoms with Gasteiger partial charge in [-0.15, -0.1) is 0 Å². The Bertz CT molecular complexity index is 858. The molecule has 0 fully saturated rings. The second-order valence-electron chi connectivity index (χ2n) is 4.91. The molecule has 4 nitrogen and oxygen atoms in total. The zero-order valence-corrected chi connectivity index (χ0v) is 10.7. The second-order valence-corrected chi connectivity index (χ2v) is 4.91. The lowest BCUT2D eigenvalue weighted by atomic mass is 10.1. The van der Waals surface area contributed by atoms with Gasteiger partial charge in [0.15, 0.2) is 0 Å². The van der Waals surface area contributed by atoms with Crippen LogP contribution in [-0.4, -0.2) is 9.97 Å². The number of nitrogens with zero attached hydrogens (tertiary/aromatic N) is 2. The van der Waals surface area contributed by atoms with Gasteiger partial charge in [-0.25, -0.2) is 4.98 Å². The van der Waals surface area contributed by atoms with Crippen LogP contribution in [0.15, 0.2) is 36.4 Å². The highest BCUT2D eigenvalue weighted by Crippen LogP contribution is 2.27. The molecule has 0 spiro atoms. The maximum atomic E-state index is 8.93. The Kier molecular flexibility index (Phi) is 2.35. The van der Waals surface area contributed by atoms with Gasteiger partial charge in [0, 0.05) is 5.56 Å². The van der Waals surface area contributed by atoms with E-state index in [2.05, 4.69) is 34.2 Å². The number of fused-ring (bicyclic) bond motifs is 2. The molecule has 20 heavy (non-hydrogen) atoms. The minimum atomic E-state index is 0.634. The van der Waals surface area contributed by atoms with Gasteiger partial charge < -0.3 is 9.72 Å². The molecule has 1 aliphatic heterocycles. The number of aromatic nitrogens is 2. The Hall–Kier alpha value is -2.64. The molecule has 0 unspecified atom stereocenters. The van der Waals surface area contributed by atoms with Crippen LogP contribution in [0, 0.1) is 11.3 Å². The summed E-state index contributed by atoms with van der Waals surface area (Å²) in [4.78, 5) is 7.85. The summed E-state index contributed by atoms with van der Waals surface area (Å²) < 4.78 is 5.43. The van der Waals surface area contributed by atoms with Crippen molar-refractivity contribution in [1.82, 2.24) is 9.97 Å². The van der Waals surface area contributed by atoms with E-state index in [9.17, 15) is 0 Å². The number of hydrogen-bond acceptors (Lipinski definition) is 3. The van der Waals surface area contributed by atoms with Gasteiger partial charge >= 0.3 is 0 Å². The van der Waals surface area contributed by atoms with E-state index in [1.54, 1.807) is 6.07 Å². The van der Waals surface area contributed by atoms with Crippen molar-refractivity contribution in [3.63, 3.8) is 0 Å². The summed E-state index contributed by atoms with van der Waals surface area (Å²) in [5, 5.41) is 8.93. The number of nitrogens with one attached hydrogen (secondary N) is 1. The largest absolute Gasteiger partial charge is 0.372 e. The average molecular weight is 261 g/mol. The maximum Gasteiger partial charge on any atom is 0.138 e. The summed E-state index contributed by atoms with van der Waals surface area (Å²) in [6.45, 7) is 1.36. The molecule has 2 aromatic carbocycles. The highest BCUT2D eigenvalue weighted by Gasteiger charge is 2.13. The van der Waals surface area contributed by atoms with Gasteiger partial charge in [-0.05, 0) is 35.4 Å². The van der Waals surface area contributed by atoms with E-state index in [4.69, 9.17) is 10.00 Å². The first-order valence-electron chi connectivity index (χ1n) is 6.43. The number of H-pyrrole nitrogens is 1. The van der Waals surface area contributed by atoms with E-state index >= 15 is 0 Å². The third-order valence-corrected chi connectivity index (χ3v) is 3.61. The lowest BCUT2D eigenvalue weighted by Crippen LogP contribution is -1.85. The smallest absolute Gasteiger partial charge is 0.138 e. The first kappa shape index (κ1) is 11.2. The summed E-state index contributed by atoms with van der Waals surface area (Å²) in [7, 11) is 0. The van der Waals surface area contributed by atoms with Crippen LogP contribution in [0.25, 0.3) is 22.4 Å². The summed E-state index contributed by atoms with van der Waals surface area (Å²) >= 11 is 0. The van der Waals surface area contributed by atoms with E-state index in [0.29, 0.717) is 18.8 Å². The molecule has 0 bridgehead atoms. The predicted molar refractivity (Wildman–Crippen MR) is 74.7 cm³/mol. The monoisotopic (exact) mass is 261 g/mol. The van der Waals surface area contributed by atoms with Crippen LogP contribution >= 0.6 is 0 Å². The van der Waals surface area contributed by atoms with Crippen LogP contribution in [-0.2, 0) is 18.0 Å². The van der Waals surface area contributed by atoms with Crippen molar-refractivity contribution in [2.75, 3.05) is 0 Å². The molecule has 2 heterocycles. The molecule has 0 saturated heterocycles. The first-order chi connectivity index (χ1) is 9.83. The van der Waals surface area contributed by atoms with Crippen molar-refractivity contribution >= 4 is 11.0 Å². The van der Waals surface area contributed by atoms with Crippen LogP contribution in [0.4, 0.5) is 0 Å². The highest BCUT2D eigenvalue weighted by molar-refractivity contribution is 5.80. The van der Waals surface area contributed by atoms with E-state index in [1.807, 2.05) is 12.1 Å². The first-order valence-corrected chi connectivity index (χ1v) is 6.43. The number of imidazole rings is 1. The highest BCUT2D eigenvalue weighted by atomic mass is 16.5. The number of aromatic amines is 1. The zero-order chi connectivity index (χ0) is 13.5. The van der Waals surface area contributed by atoms with Crippen LogP contribution in [0.1, 0.15) is 16.7 Å². The lowest BCUT2D eigenvalue weighted by Gasteiger charge is -2.00. The molecule has 0 radical (unpaired) electrons. The molecule has 0 aliphatic carbocycles. The summed E-state index contributed by atoms with van der Waals surface area (Å²) in [5.41, 5.74) is 5.91. The van der Waals surface area contributed by atoms with Crippen LogP contribution in [0.5, 0.6) is 0 Å². The molecule has 0 atom stereocenters. The third kappa shape index (κ3) is 1.68. The van der Waals surface area contributed by atoms with Crippen LogP contribution in [0.2, 0.25) is 0 Å². The van der Waals surface area contributed by atoms with E-state index < -0.39 is 0 Å². The zero-order valence-electron chi connectivity index (χ0n) is 10.7.